The Balaban J connectivity index is 2.05. The number of guanidine groups is 1. The van der Waals surface area contributed by atoms with Gasteiger partial charge in [0, 0.05) is 58.8 Å². The summed E-state index contributed by atoms with van der Waals surface area (Å²) in [6, 6.07) is 0.469. The summed E-state index contributed by atoms with van der Waals surface area (Å²) in [6.45, 7) is 16.9. The molecular formula is C20H39N5O2. The molecule has 0 bridgehead atoms. The molecule has 7 nitrogen and oxygen atoms in total. The van der Waals surface area contributed by atoms with Gasteiger partial charge in [0.25, 0.3) is 0 Å². The lowest BCUT2D eigenvalue weighted by molar-refractivity contribution is -0.130. The van der Waals surface area contributed by atoms with Gasteiger partial charge in [0.05, 0.1) is 19.8 Å². The van der Waals surface area contributed by atoms with Gasteiger partial charge in [0.1, 0.15) is 0 Å². The summed E-state index contributed by atoms with van der Waals surface area (Å²) in [5.74, 6) is 1.81. The average Bonchev–Trinajstić information content (AvgIpc) is 2.71. The lowest BCUT2D eigenvalue weighted by atomic mass is 9.92. The minimum absolute atomic E-state index is 0.165. The highest BCUT2D eigenvalue weighted by molar-refractivity contribution is 5.80. The second kappa shape index (κ2) is 11.5. The smallest absolute Gasteiger partial charge is 0.219 e. The molecule has 2 aliphatic rings. The van der Waals surface area contributed by atoms with Gasteiger partial charge in [0.2, 0.25) is 5.91 Å². The molecule has 2 fully saturated rings. The quantitative estimate of drug-likeness (QED) is 0.531. The summed E-state index contributed by atoms with van der Waals surface area (Å²) in [7, 11) is 0. The zero-order valence-electron chi connectivity index (χ0n) is 17.7. The highest BCUT2D eigenvalue weighted by Gasteiger charge is 2.27. The van der Waals surface area contributed by atoms with Crippen molar-refractivity contribution in [1.29, 1.82) is 0 Å². The maximum Gasteiger partial charge on any atom is 0.219 e. The monoisotopic (exact) mass is 381 g/mol. The Kier molecular flexibility index (Phi) is 9.34. The normalized spacial score (nSPS) is 20.9. The summed E-state index contributed by atoms with van der Waals surface area (Å²) in [5.41, 5.74) is 0. The van der Waals surface area contributed by atoms with Crippen LogP contribution >= 0.6 is 0 Å². The van der Waals surface area contributed by atoms with E-state index in [0.717, 1.165) is 71.5 Å². The van der Waals surface area contributed by atoms with Crippen LogP contribution in [0.2, 0.25) is 0 Å². The molecule has 0 saturated carbocycles. The molecule has 1 atom stereocenters. The van der Waals surface area contributed by atoms with Gasteiger partial charge in [-0.1, -0.05) is 26.7 Å². The Bertz CT molecular complexity index is 467. The number of carbonyl (C=O) groups excluding carboxylic acids is 1. The molecule has 0 spiro atoms. The first-order chi connectivity index (χ1) is 13.1. The van der Waals surface area contributed by atoms with Crippen molar-refractivity contribution in [2.24, 2.45) is 10.9 Å². The van der Waals surface area contributed by atoms with E-state index in [1.807, 2.05) is 4.90 Å². The zero-order valence-corrected chi connectivity index (χ0v) is 17.7. The van der Waals surface area contributed by atoms with E-state index in [2.05, 4.69) is 35.9 Å². The van der Waals surface area contributed by atoms with E-state index in [1.54, 1.807) is 6.92 Å². The van der Waals surface area contributed by atoms with Crippen molar-refractivity contribution in [3.05, 3.63) is 0 Å². The number of aliphatic imine (C=N–C) groups is 1. The van der Waals surface area contributed by atoms with Gasteiger partial charge in [0.15, 0.2) is 5.96 Å². The van der Waals surface area contributed by atoms with Crippen LogP contribution in [0.15, 0.2) is 4.99 Å². The molecule has 1 amide bonds. The maximum absolute atomic E-state index is 11.6. The van der Waals surface area contributed by atoms with Crippen LogP contribution in [0, 0.1) is 5.92 Å². The van der Waals surface area contributed by atoms with Gasteiger partial charge >= 0.3 is 0 Å². The van der Waals surface area contributed by atoms with E-state index in [4.69, 9.17) is 9.73 Å². The predicted octanol–water partition coefficient (Wildman–Crippen LogP) is 1.25. The van der Waals surface area contributed by atoms with Crippen molar-refractivity contribution in [3.63, 3.8) is 0 Å². The molecule has 0 radical (unpaired) electrons. The molecule has 1 N–H and O–H groups in total. The van der Waals surface area contributed by atoms with Crippen molar-refractivity contribution in [1.82, 2.24) is 20.0 Å². The highest BCUT2D eigenvalue weighted by atomic mass is 16.5. The molecule has 2 heterocycles. The first-order valence-electron chi connectivity index (χ1n) is 10.7. The molecule has 2 saturated heterocycles. The van der Waals surface area contributed by atoms with E-state index < -0.39 is 0 Å². The molecule has 0 aliphatic carbocycles. The molecule has 27 heavy (non-hydrogen) atoms. The van der Waals surface area contributed by atoms with Crippen LogP contribution in [0.1, 0.15) is 40.5 Å². The van der Waals surface area contributed by atoms with Crippen LogP contribution in [0.4, 0.5) is 0 Å². The van der Waals surface area contributed by atoms with Crippen LogP contribution in [0.25, 0.3) is 0 Å². The fraction of sp³-hybridized carbons (Fsp3) is 0.900. The Morgan fingerprint density at radius 3 is 2.11 bits per heavy atom. The highest BCUT2D eigenvalue weighted by Crippen LogP contribution is 2.20. The Morgan fingerprint density at radius 2 is 1.59 bits per heavy atom. The number of ether oxygens (including phenoxy) is 1. The van der Waals surface area contributed by atoms with Crippen molar-refractivity contribution < 1.29 is 9.53 Å². The number of hydrogen-bond donors (Lipinski definition) is 1. The van der Waals surface area contributed by atoms with Gasteiger partial charge in [-0.2, -0.15) is 0 Å². The molecule has 0 aromatic rings. The number of amides is 1. The molecule has 2 rings (SSSR count). The van der Waals surface area contributed by atoms with E-state index in [-0.39, 0.29) is 5.91 Å². The fourth-order valence-corrected chi connectivity index (χ4v) is 4.14. The number of morpholine rings is 1. The van der Waals surface area contributed by atoms with Crippen molar-refractivity contribution in [2.75, 3.05) is 65.6 Å². The van der Waals surface area contributed by atoms with Gasteiger partial charge in [-0.15, -0.1) is 0 Å². The number of rotatable bonds is 7. The lowest BCUT2D eigenvalue weighted by Crippen LogP contribution is -2.54. The number of hydrogen-bond acceptors (Lipinski definition) is 4. The van der Waals surface area contributed by atoms with Crippen molar-refractivity contribution in [3.8, 4) is 0 Å². The minimum atomic E-state index is 0.165. The third-order valence-corrected chi connectivity index (χ3v) is 5.90. The lowest BCUT2D eigenvalue weighted by Gasteiger charge is -2.39. The van der Waals surface area contributed by atoms with E-state index in [0.29, 0.717) is 12.0 Å². The second-order valence-electron chi connectivity index (χ2n) is 7.48. The molecule has 7 heteroatoms. The molecule has 2 aliphatic heterocycles. The topological polar surface area (TPSA) is 60.4 Å². The summed E-state index contributed by atoms with van der Waals surface area (Å²) in [5, 5.41) is 3.46. The molecule has 156 valence electrons. The number of nitrogens with one attached hydrogen (secondary N) is 1. The van der Waals surface area contributed by atoms with Crippen LogP contribution in [-0.4, -0.2) is 98.2 Å². The summed E-state index contributed by atoms with van der Waals surface area (Å²) < 4.78 is 5.56. The Hall–Kier alpha value is -1.34. The summed E-state index contributed by atoms with van der Waals surface area (Å²) in [6.07, 6.45) is 2.36. The number of carbonyl (C=O) groups is 1. The van der Waals surface area contributed by atoms with Gasteiger partial charge < -0.3 is 19.9 Å². The van der Waals surface area contributed by atoms with Crippen LogP contribution in [0.3, 0.4) is 0 Å². The van der Waals surface area contributed by atoms with Crippen LogP contribution < -0.4 is 5.32 Å². The van der Waals surface area contributed by atoms with Gasteiger partial charge in [-0.05, 0) is 12.8 Å². The van der Waals surface area contributed by atoms with Gasteiger partial charge in [-0.3, -0.25) is 14.7 Å². The number of nitrogens with zero attached hydrogens (tertiary/aromatic N) is 4. The molecule has 1 unspecified atom stereocenters. The van der Waals surface area contributed by atoms with Crippen molar-refractivity contribution >= 4 is 11.9 Å². The standard InChI is InChI=1S/C20H39N5O2/c1-5-18(6-2)19(24-12-14-27-15-13-24)16-22-20(21-7-3)25-10-8-23(9-11-25)17(4)26/h18-19H,5-16H2,1-4H3,(H,21,22). The van der Waals surface area contributed by atoms with Gasteiger partial charge in [-0.25, -0.2) is 0 Å². The van der Waals surface area contributed by atoms with E-state index >= 15 is 0 Å². The second-order valence-corrected chi connectivity index (χ2v) is 7.48. The fourth-order valence-electron chi connectivity index (χ4n) is 4.14. The maximum atomic E-state index is 11.6. The average molecular weight is 382 g/mol. The Morgan fingerprint density at radius 1 is 1.00 bits per heavy atom. The minimum Gasteiger partial charge on any atom is -0.379 e. The van der Waals surface area contributed by atoms with E-state index in [1.165, 1.54) is 12.8 Å². The third-order valence-electron chi connectivity index (χ3n) is 5.90. The van der Waals surface area contributed by atoms with E-state index in [9.17, 15) is 4.79 Å². The number of piperazine rings is 1. The van der Waals surface area contributed by atoms with Crippen LogP contribution in [0.5, 0.6) is 0 Å². The first kappa shape index (κ1) is 22.0. The molecule has 0 aromatic carbocycles. The zero-order chi connectivity index (χ0) is 19.6. The third kappa shape index (κ3) is 6.35. The largest absolute Gasteiger partial charge is 0.379 e. The van der Waals surface area contributed by atoms with Crippen molar-refractivity contribution in [2.45, 2.75) is 46.6 Å². The summed E-state index contributed by atoms with van der Waals surface area (Å²) >= 11 is 0. The molecular weight excluding hydrogens is 342 g/mol. The predicted molar refractivity (Wildman–Crippen MR) is 110 cm³/mol. The van der Waals surface area contributed by atoms with Crippen LogP contribution in [-0.2, 0) is 9.53 Å². The molecule has 0 aromatic heterocycles. The Labute approximate surface area is 165 Å². The SMILES string of the molecule is CCNC(=NCC(C(CC)CC)N1CCOCC1)N1CCN(C(C)=O)CC1. The summed E-state index contributed by atoms with van der Waals surface area (Å²) in [4.78, 5) is 23.4. The first-order valence-corrected chi connectivity index (χ1v) is 10.7.